The van der Waals surface area contributed by atoms with E-state index in [2.05, 4.69) is 10.2 Å². The van der Waals surface area contributed by atoms with Crippen molar-refractivity contribution in [3.63, 3.8) is 0 Å². The van der Waals surface area contributed by atoms with Gasteiger partial charge in [0.05, 0.1) is 25.0 Å². The molecule has 1 aliphatic rings. The van der Waals surface area contributed by atoms with Crippen molar-refractivity contribution in [3.05, 3.63) is 42.1 Å². The molecule has 8 nitrogen and oxygen atoms in total. The van der Waals surface area contributed by atoms with Gasteiger partial charge in [-0.3, -0.25) is 9.48 Å². The number of aliphatic hydroxyl groups excluding tert-OH is 1. The van der Waals surface area contributed by atoms with Crippen LogP contribution < -0.4 is 0 Å². The Morgan fingerprint density at radius 3 is 3.08 bits per heavy atom. The molecule has 0 saturated carbocycles. The summed E-state index contributed by atoms with van der Waals surface area (Å²) in [5, 5.41) is 17.8. The fourth-order valence-corrected chi connectivity index (χ4v) is 3.60. The Labute approximate surface area is 145 Å². The van der Waals surface area contributed by atoms with Crippen LogP contribution in [0.15, 0.2) is 30.9 Å². The SMILES string of the molecule is Cn1ccn2ncc(C(=O)N3CCC[C@H](c4ccn(CCO)n4)C3)c12. The number of carbonyl (C=O) groups is 1. The van der Waals surface area contributed by atoms with Gasteiger partial charge in [-0.2, -0.15) is 10.2 Å². The normalized spacial score (nSPS) is 18.2. The van der Waals surface area contributed by atoms with E-state index < -0.39 is 0 Å². The van der Waals surface area contributed by atoms with E-state index in [0.29, 0.717) is 18.7 Å². The molecular formula is C17H22N6O2. The lowest BCUT2D eigenvalue weighted by Crippen LogP contribution is -2.39. The Hall–Kier alpha value is -2.61. The van der Waals surface area contributed by atoms with Gasteiger partial charge in [0.15, 0.2) is 0 Å². The minimum atomic E-state index is 0.0243. The number of rotatable bonds is 4. The highest BCUT2D eigenvalue weighted by Gasteiger charge is 2.28. The zero-order chi connectivity index (χ0) is 17.4. The van der Waals surface area contributed by atoms with Crippen molar-refractivity contribution >= 4 is 11.6 Å². The van der Waals surface area contributed by atoms with Gasteiger partial charge in [0.1, 0.15) is 11.2 Å². The van der Waals surface area contributed by atoms with Crippen molar-refractivity contribution in [2.75, 3.05) is 19.7 Å². The van der Waals surface area contributed by atoms with E-state index in [0.717, 1.165) is 30.7 Å². The van der Waals surface area contributed by atoms with Gasteiger partial charge < -0.3 is 14.6 Å². The van der Waals surface area contributed by atoms with Crippen LogP contribution in [-0.2, 0) is 13.6 Å². The van der Waals surface area contributed by atoms with Gasteiger partial charge in [0.25, 0.3) is 5.91 Å². The molecule has 4 heterocycles. The molecule has 0 spiro atoms. The molecule has 8 heteroatoms. The number of amides is 1. The van der Waals surface area contributed by atoms with Crippen LogP contribution >= 0.6 is 0 Å². The summed E-state index contributed by atoms with van der Waals surface area (Å²) in [6.45, 7) is 1.99. The zero-order valence-electron chi connectivity index (χ0n) is 14.2. The summed E-state index contributed by atoms with van der Waals surface area (Å²) in [6, 6.07) is 1.99. The summed E-state index contributed by atoms with van der Waals surface area (Å²) < 4.78 is 5.39. The fraction of sp³-hybridized carbons (Fsp3) is 0.471. The van der Waals surface area contributed by atoms with Crippen LogP contribution in [0.1, 0.15) is 34.8 Å². The first-order valence-electron chi connectivity index (χ1n) is 8.59. The van der Waals surface area contributed by atoms with Crippen LogP contribution in [0.2, 0.25) is 0 Å². The lowest BCUT2D eigenvalue weighted by atomic mass is 9.94. The predicted molar refractivity (Wildman–Crippen MR) is 91.4 cm³/mol. The van der Waals surface area contributed by atoms with Crippen LogP contribution in [0, 0.1) is 0 Å². The van der Waals surface area contributed by atoms with Crippen LogP contribution in [-0.4, -0.2) is 59.6 Å². The van der Waals surface area contributed by atoms with Crippen LogP contribution in [0.4, 0.5) is 0 Å². The molecule has 4 rings (SSSR count). The van der Waals surface area contributed by atoms with E-state index >= 15 is 0 Å². The van der Waals surface area contributed by atoms with Crippen molar-refractivity contribution in [1.82, 2.24) is 28.9 Å². The van der Waals surface area contributed by atoms with Gasteiger partial charge >= 0.3 is 0 Å². The molecule has 0 unspecified atom stereocenters. The van der Waals surface area contributed by atoms with E-state index in [-0.39, 0.29) is 18.4 Å². The number of carbonyl (C=O) groups excluding carboxylic acids is 1. The van der Waals surface area contributed by atoms with E-state index in [9.17, 15) is 4.79 Å². The number of aromatic nitrogens is 5. The van der Waals surface area contributed by atoms with Gasteiger partial charge in [0, 0.05) is 44.6 Å². The third-order valence-corrected chi connectivity index (χ3v) is 4.88. The first-order valence-corrected chi connectivity index (χ1v) is 8.59. The highest BCUT2D eigenvalue weighted by atomic mass is 16.3. The molecule has 1 saturated heterocycles. The molecule has 0 radical (unpaired) electrons. The van der Waals surface area contributed by atoms with Gasteiger partial charge in [0.2, 0.25) is 0 Å². The average molecular weight is 342 g/mol. The number of likely N-dealkylation sites (tertiary alicyclic amines) is 1. The first kappa shape index (κ1) is 15.9. The number of aliphatic hydroxyl groups is 1. The highest BCUT2D eigenvalue weighted by molar-refractivity contribution is 5.99. The summed E-state index contributed by atoms with van der Waals surface area (Å²) in [4.78, 5) is 14.9. The summed E-state index contributed by atoms with van der Waals surface area (Å²) in [5.74, 6) is 0.258. The summed E-state index contributed by atoms with van der Waals surface area (Å²) in [6.07, 6.45) is 9.26. The van der Waals surface area contributed by atoms with E-state index in [1.807, 2.05) is 41.2 Å². The molecule has 1 aliphatic heterocycles. The zero-order valence-corrected chi connectivity index (χ0v) is 14.2. The van der Waals surface area contributed by atoms with Crippen molar-refractivity contribution in [2.45, 2.75) is 25.3 Å². The standard InChI is InChI=1S/C17H22N6O2/c1-20-7-8-23-16(20)14(11-18-23)17(25)21-5-2-3-13(12-21)15-4-6-22(19-15)9-10-24/h4,6-8,11,13,24H,2-3,5,9-10,12H2,1H3/t13-/m0/s1. The third kappa shape index (κ3) is 2.82. The van der Waals surface area contributed by atoms with Crippen LogP contribution in [0.3, 0.4) is 0 Å². The van der Waals surface area contributed by atoms with Crippen molar-refractivity contribution in [2.24, 2.45) is 7.05 Å². The number of hydrogen-bond donors (Lipinski definition) is 1. The fourth-order valence-electron chi connectivity index (χ4n) is 3.60. The van der Waals surface area contributed by atoms with Gasteiger partial charge in [-0.05, 0) is 18.9 Å². The predicted octanol–water partition coefficient (Wildman–Crippen LogP) is 0.881. The molecule has 0 aliphatic carbocycles. The number of hydrogen-bond acceptors (Lipinski definition) is 4. The smallest absolute Gasteiger partial charge is 0.259 e. The van der Waals surface area contributed by atoms with Crippen LogP contribution in [0.5, 0.6) is 0 Å². The summed E-state index contributed by atoms with van der Waals surface area (Å²) >= 11 is 0. The molecule has 0 aromatic carbocycles. The van der Waals surface area contributed by atoms with Gasteiger partial charge in [-0.1, -0.05) is 0 Å². The highest BCUT2D eigenvalue weighted by Crippen LogP contribution is 2.27. The molecule has 1 fully saturated rings. The lowest BCUT2D eigenvalue weighted by Gasteiger charge is -2.31. The Bertz CT molecular complexity index is 892. The molecule has 1 amide bonds. The van der Waals surface area contributed by atoms with Crippen molar-refractivity contribution < 1.29 is 9.90 Å². The number of aryl methyl sites for hydroxylation is 1. The number of piperidine rings is 1. The molecule has 132 valence electrons. The molecular weight excluding hydrogens is 320 g/mol. The Morgan fingerprint density at radius 2 is 2.24 bits per heavy atom. The monoisotopic (exact) mass is 342 g/mol. The number of nitrogens with zero attached hydrogens (tertiary/aromatic N) is 6. The first-order chi connectivity index (χ1) is 12.2. The molecule has 1 atom stereocenters. The maximum Gasteiger partial charge on any atom is 0.259 e. The average Bonchev–Trinajstić information content (AvgIpc) is 3.33. The Kier molecular flexibility index (Phi) is 4.04. The van der Waals surface area contributed by atoms with E-state index in [1.165, 1.54) is 0 Å². The van der Waals surface area contributed by atoms with Crippen LogP contribution in [0.25, 0.3) is 5.65 Å². The number of imidazole rings is 1. The van der Waals surface area contributed by atoms with Gasteiger partial charge in [-0.25, -0.2) is 4.52 Å². The topological polar surface area (TPSA) is 80.6 Å². The Balaban J connectivity index is 1.54. The minimum absolute atomic E-state index is 0.0243. The van der Waals surface area contributed by atoms with Crippen molar-refractivity contribution in [3.8, 4) is 0 Å². The summed E-state index contributed by atoms with van der Waals surface area (Å²) in [7, 11) is 1.92. The molecule has 3 aromatic rings. The van der Waals surface area contributed by atoms with Crippen molar-refractivity contribution in [1.29, 1.82) is 0 Å². The molecule has 1 N–H and O–H groups in total. The lowest BCUT2D eigenvalue weighted by molar-refractivity contribution is 0.0707. The van der Waals surface area contributed by atoms with E-state index in [4.69, 9.17) is 5.11 Å². The third-order valence-electron chi connectivity index (χ3n) is 4.88. The minimum Gasteiger partial charge on any atom is -0.394 e. The number of fused-ring (bicyclic) bond motifs is 1. The maximum atomic E-state index is 13.0. The second-order valence-corrected chi connectivity index (χ2v) is 6.55. The second-order valence-electron chi connectivity index (χ2n) is 6.55. The maximum absolute atomic E-state index is 13.0. The Morgan fingerprint density at radius 1 is 1.36 bits per heavy atom. The second kappa shape index (κ2) is 6.36. The largest absolute Gasteiger partial charge is 0.394 e. The van der Waals surface area contributed by atoms with E-state index in [1.54, 1.807) is 15.4 Å². The quantitative estimate of drug-likeness (QED) is 0.763. The molecule has 25 heavy (non-hydrogen) atoms. The summed E-state index contributed by atoms with van der Waals surface area (Å²) in [5.41, 5.74) is 2.45. The molecule has 0 bridgehead atoms. The van der Waals surface area contributed by atoms with Gasteiger partial charge in [-0.15, -0.1) is 0 Å². The molecule has 3 aromatic heterocycles.